The number of amides is 1. The Balaban J connectivity index is 1.12. The number of nitrogens with zero attached hydrogens (tertiary/aromatic N) is 2. The lowest BCUT2D eigenvalue weighted by Crippen LogP contribution is -2.52. The number of sulfonamides is 1. The van der Waals surface area contributed by atoms with E-state index in [0.29, 0.717) is 38.5 Å². The summed E-state index contributed by atoms with van der Waals surface area (Å²) in [6.07, 6.45) is 5.18. The lowest BCUT2D eigenvalue weighted by Gasteiger charge is -2.39. The van der Waals surface area contributed by atoms with Gasteiger partial charge in [0.2, 0.25) is 15.9 Å². The van der Waals surface area contributed by atoms with Crippen LogP contribution in [-0.2, 0) is 26.6 Å². The maximum absolute atomic E-state index is 13.3. The van der Waals surface area contributed by atoms with Gasteiger partial charge in [-0.15, -0.1) is 0 Å². The van der Waals surface area contributed by atoms with Crippen LogP contribution in [0, 0.1) is 11.8 Å². The number of fused-ring (bicyclic) bond motifs is 1. The highest BCUT2D eigenvalue weighted by molar-refractivity contribution is 7.89. The molecule has 196 valence electrons. The highest BCUT2D eigenvalue weighted by atomic mass is 32.2. The van der Waals surface area contributed by atoms with Gasteiger partial charge >= 0.3 is 0 Å². The first-order valence-electron chi connectivity index (χ1n) is 13.5. The molecule has 1 aliphatic heterocycles. The molecule has 1 amide bonds. The molecular weight excluding hydrogens is 486 g/mol. The van der Waals surface area contributed by atoms with Gasteiger partial charge in [-0.1, -0.05) is 36.4 Å². The molecule has 1 aromatic heterocycles. The molecule has 2 heterocycles. The Hall–Kier alpha value is -2.68. The van der Waals surface area contributed by atoms with Crippen molar-refractivity contribution in [3.05, 3.63) is 54.6 Å². The average Bonchev–Trinajstić information content (AvgIpc) is 3.72. The van der Waals surface area contributed by atoms with E-state index in [1.54, 1.807) is 12.1 Å². The van der Waals surface area contributed by atoms with Gasteiger partial charge in [-0.05, 0) is 68.2 Å². The summed E-state index contributed by atoms with van der Waals surface area (Å²) >= 11 is 0. The lowest BCUT2D eigenvalue weighted by molar-refractivity contribution is -0.146. The molecular formula is C29H35N3O4S. The number of aromatic nitrogens is 1. The fourth-order valence-electron chi connectivity index (χ4n) is 6.11. The highest BCUT2D eigenvalue weighted by Gasteiger charge is 2.41. The molecule has 2 aliphatic carbocycles. The first kappa shape index (κ1) is 24.6. The Morgan fingerprint density at radius 1 is 0.973 bits per heavy atom. The number of nitrogens with one attached hydrogen (secondary N) is 1. The smallest absolute Gasteiger partial charge is 0.240 e. The molecule has 37 heavy (non-hydrogen) atoms. The summed E-state index contributed by atoms with van der Waals surface area (Å²) in [7, 11) is -1.70. The maximum Gasteiger partial charge on any atom is 0.240 e. The van der Waals surface area contributed by atoms with Crippen molar-refractivity contribution < 1.29 is 17.9 Å². The highest BCUT2D eigenvalue weighted by Crippen LogP contribution is 2.38. The van der Waals surface area contributed by atoms with Gasteiger partial charge in [0, 0.05) is 42.1 Å². The number of hydrogen-bond acceptors (Lipinski definition) is 4. The molecule has 0 bridgehead atoms. The van der Waals surface area contributed by atoms with Crippen LogP contribution in [0.1, 0.15) is 38.5 Å². The maximum atomic E-state index is 13.3. The molecule has 1 atom stereocenters. The molecule has 2 saturated carbocycles. The summed E-state index contributed by atoms with van der Waals surface area (Å²) in [5.41, 5.74) is 3.02. The standard InChI is InChI=1S/C29H35N3O4S/c1-31-26(20-5-3-2-4-6-20)17-23-11-14-25(18-27(23)31)37(34,35)30-24-12-9-22(10-13-24)29(33)32-15-16-36-19-28(32)21-7-8-21/h2-6,11,14,17-18,21-22,24,28,30H,7-10,12-13,15-16,19H2,1H3/t22?,24?,28-/m1/s1. The molecule has 3 aromatic rings. The summed E-state index contributed by atoms with van der Waals surface area (Å²) in [4.78, 5) is 15.6. The van der Waals surface area contributed by atoms with Crippen molar-refractivity contribution in [1.29, 1.82) is 0 Å². The van der Waals surface area contributed by atoms with Crippen LogP contribution >= 0.6 is 0 Å². The van der Waals surface area contributed by atoms with Crippen molar-refractivity contribution in [3.8, 4) is 11.3 Å². The number of carbonyl (C=O) groups excluding carboxylic acids is 1. The minimum absolute atomic E-state index is 0.0174. The molecule has 7 nitrogen and oxygen atoms in total. The monoisotopic (exact) mass is 521 g/mol. The van der Waals surface area contributed by atoms with Crippen LogP contribution in [0.5, 0.6) is 0 Å². The van der Waals surface area contributed by atoms with Gasteiger partial charge in [0.25, 0.3) is 0 Å². The predicted octanol–water partition coefficient (Wildman–Crippen LogP) is 4.32. The summed E-state index contributed by atoms with van der Waals surface area (Å²) in [6, 6.07) is 17.6. The molecule has 0 spiro atoms. The van der Waals surface area contributed by atoms with Crippen molar-refractivity contribution in [1.82, 2.24) is 14.2 Å². The third-order valence-corrected chi connectivity index (χ3v) is 9.93. The van der Waals surface area contributed by atoms with Crippen LogP contribution < -0.4 is 4.72 Å². The molecule has 8 heteroatoms. The van der Waals surface area contributed by atoms with E-state index in [9.17, 15) is 13.2 Å². The van der Waals surface area contributed by atoms with Crippen LogP contribution in [0.2, 0.25) is 0 Å². The fourth-order valence-corrected chi connectivity index (χ4v) is 7.44. The van der Waals surface area contributed by atoms with E-state index in [1.165, 1.54) is 12.8 Å². The van der Waals surface area contributed by atoms with Gasteiger partial charge in [-0.25, -0.2) is 13.1 Å². The van der Waals surface area contributed by atoms with Crippen LogP contribution in [0.4, 0.5) is 0 Å². The van der Waals surface area contributed by atoms with Crippen LogP contribution in [0.25, 0.3) is 22.2 Å². The van der Waals surface area contributed by atoms with Crippen molar-refractivity contribution in [2.45, 2.75) is 55.5 Å². The number of aryl methyl sites for hydroxylation is 1. The number of hydrogen-bond donors (Lipinski definition) is 1. The van der Waals surface area contributed by atoms with E-state index in [1.807, 2.05) is 35.9 Å². The van der Waals surface area contributed by atoms with E-state index in [0.717, 1.165) is 35.0 Å². The van der Waals surface area contributed by atoms with Crippen molar-refractivity contribution in [3.63, 3.8) is 0 Å². The third kappa shape index (κ3) is 4.94. The molecule has 2 aromatic carbocycles. The quantitative estimate of drug-likeness (QED) is 0.524. The molecule has 3 fully saturated rings. The van der Waals surface area contributed by atoms with Gasteiger partial charge in [-0.3, -0.25) is 4.79 Å². The predicted molar refractivity (Wildman–Crippen MR) is 143 cm³/mol. The van der Waals surface area contributed by atoms with Crippen LogP contribution in [0.3, 0.4) is 0 Å². The van der Waals surface area contributed by atoms with E-state index < -0.39 is 10.0 Å². The molecule has 6 rings (SSSR count). The van der Waals surface area contributed by atoms with Gasteiger partial charge in [-0.2, -0.15) is 0 Å². The summed E-state index contributed by atoms with van der Waals surface area (Å²) in [5.74, 6) is 0.818. The number of benzene rings is 2. The Morgan fingerprint density at radius 3 is 2.46 bits per heavy atom. The summed E-state index contributed by atoms with van der Waals surface area (Å²) < 4.78 is 37.2. The van der Waals surface area contributed by atoms with E-state index in [2.05, 4.69) is 27.8 Å². The second-order valence-corrected chi connectivity index (χ2v) is 12.6. The minimum atomic E-state index is -3.67. The molecule has 1 saturated heterocycles. The first-order chi connectivity index (χ1) is 17.9. The van der Waals surface area contributed by atoms with Crippen molar-refractivity contribution >= 4 is 26.8 Å². The van der Waals surface area contributed by atoms with Gasteiger partial charge in [0.1, 0.15) is 0 Å². The normalized spacial score (nSPS) is 24.9. The zero-order chi connectivity index (χ0) is 25.6. The number of ether oxygens (including phenoxy) is 1. The van der Waals surface area contributed by atoms with E-state index >= 15 is 0 Å². The zero-order valence-electron chi connectivity index (χ0n) is 21.3. The van der Waals surface area contributed by atoms with Gasteiger partial charge < -0.3 is 14.2 Å². The van der Waals surface area contributed by atoms with E-state index in [4.69, 9.17) is 4.74 Å². The Labute approximate surface area is 218 Å². The van der Waals surface area contributed by atoms with Crippen molar-refractivity contribution in [2.24, 2.45) is 18.9 Å². The van der Waals surface area contributed by atoms with Gasteiger partial charge in [0.15, 0.2) is 0 Å². The SMILES string of the molecule is Cn1c(-c2ccccc2)cc2ccc(S(=O)(=O)NC3CCC(C(=O)N4CCOC[C@@H]4C4CC4)CC3)cc21. The Morgan fingerprint density at radius 2 is 1.73 bits per heavy atom. The molecule has 0 unspecified atom stereocenters. The molecule has 3 aliphatic rings. The van der Waals surface area contributed by atoms with E-state index in [-0.39, 0.29) is 28.8 Å². The number of rotatable bonds is 6. The van der Waals surface area contributed by atoms with Gasteiger partial charge in [0.05, 0.1) is 24.2 Å². The third-order valence-electron chi connectivity index (χ3n) is 8.41. The largest absolute Gasteiger partial charge is 0.377 e. The second kappa shape index (κ2) is 9.89. The second-order valence-electron chi connectivity index (χ2n) is 10.9. The number of carbonyl (C=O) groups is 1. The Kier molecular flexibility index (Phi) is 6.59. The lowest BCUT2D eigenvalue weighted by atomic mass is 9.85. The summed E-state index contributed by atoms with van der Waals surface area (Å²) in [6.45, 7) is 1.95. The fraction of sp³-hybridized carbons (Fsp3) is 0.483. The zero-order valence-corrected chi connectivity index (χ0v) is 22.1. The Bertz CT molecular complexity index is 1390. The minimum Gasteiger partial charge on any atom is -0.377 e. The topological polar surface area (TPSA) is 80.6 Å². The van der Waals surface area contributed by atoms with Crippen LogP contribution in [-0.4, -0.2) is 55.6 Å². The molecule has 0 radical (unpaired) electrons. The van der Waals surface area contributed by atoms with Crippen molar-refractivity contribution in [2.75, 3.05) is 19.8 Å². The number of morpholine rings is 1. The van der Waals surface area contributed by atoms with Crippen LogP contribution in [0.15, 0.2) is 59.5 Å². The molecule has 1 N–H and O–H groups in total. The average molecular weight is 522 g/mol. The first-order valence-corrected chi connectivity index (χ1v) is 14.9. The summed E-state index contributed by atoms with van der Waals surface area (Å²) in [5, 5.41) is 1.01.